The Kier molecular flexibility index (Phi) is 26.0. The van der Waals surface area contributed by atoms with Gasteiger partial charge in [-0.25, -0.2) is 17.7 Å². The van der Waals surface area contributed by atoms with Crippen LogP contribution in [0.15, 0.2) is 79.5 Å². The molecule has 0 nitrogen and oxygen atoms in total. The molecule has 0 heterocycles. The van der Waals surface area contributed by atoms with Crippen molar-refractivity contribution in [3.05, 3.63) is 99.1 Å². The molecule has 4 aliphatic carbocycles. The average Bonchev–Trinajstić information content (AvgIpc) is 3.53. The number of hydrogen-bond acceptors (Lipinski definition) is 0. The Morgan fingerprint density at radius 2 is 1.13 bits per heavy atom. The summed E-state index contributed by atoms with van der Waals surface area (Å²) in [4.78, 5) is 0. The van der Waals surface area contributed by atoms with Crippen molar-refractivity contribution < 1.29 is 71.9 Å². The van der Waals surface area contributed by atoms with Crippen LogP contribution in [0.1, 0.15) is 95.4 Å². The minimum atomic E-state index is -0.826. The summed E-state index contributed by atoms with van der Waals surface area (Å²) in [7, 11) is 9.87. The van der Waals surface area contributed by atoms with Gasteiger partial charge in [-0.2, -0.15) is 17.2 Å². The van der Waals surface area contributed by atoms with E-state index in [1.807, 2.05) is 12.2 Å². The second-order valence-corrected chi connectivity index (χ2v) is 13.8. The predicted octanol–water partition coefficient (Wildman–Crippen LogP) is 5.35. The van der Waals surface area contributed by atoms with Gasteiger partial charge in [-0.05, 0) is 87.8 Å². The van der Waals surface area contributed by atoms with Gasteiger partial charge in [0, 0.05) is 0 Å². The summed E-state index contributed by atoms with van der Waals surface area (Å²) in [5.41, 5.74) is 16.8. The van der Waals surface area contributed by atoms with E-state index >= 15 is 0 Å². The first-order chi connectivity index (χ1) is 15.8. The molecule has 209 valence electrons. The summed E-state index contributed by atoms with van der Waals surface area (Å²) in [6.45, 7) is 24.5. The number of rotatable bonds is 1. The van der Waals surface area contributed by atoms with Gasteiger partial charge < -0.3 is 32.2 Å². The molecule has 0 atom stereocenters. The minimum absolute atomic E-state index is 0. The van der Waals surface area contributed by atoms with Gasteiger partial charge in [0.1, 0.15) is 0 Å². The average molecular weight is 754 g/mol. The quantitative estimate of drug-likeness (QED) is 0.317. The van der Waals surface area contributed by atoms with E-state index in [0.29, 0.717) is 0 Å². The van der Waals surface area contributed by atoms with Crippen LogP contribution in [0.25, 0.3) is 0 Å². The zero-order valence-corrected chi connectivity index (χ0v) is 33.3. The Bertz CT molecular complexity index is 974. The molecule has 0 fully saturated rings. The van der Waals surface area contributed by atoms with Crippen LogP contribution < -0.4 is 24.8 Å². The van der Waals surface area contributed by atoms with Crippen LogP contribution in [-0.2, 0) is 47.1 Å². The van der Waals surface area contributed by atoms with Gasteiger partial charge in [-0.1, -0.05) is 44.3 Å². The van der Waals surface area contributed by atoms with Gasteiger partial charge >= 0.3 is 64.1 Å². The molecule has 1 radical (unpaired) electrons. The molecule has 0 spiro atoms. The third-order valence-electron chi connectivity index (χ3n) is 7.71. The molecule has 0 aromatic heterocycles. The molecule has 4 aliphatic rings. The summed E-state index contributed by atoms with van der Waals surface area (Å²) < 4.78 is 0. The smallest absolute Gasteiger partial charge is 3.00 e. The maximum absolute atomic E-state index is 4.93. The Hall–Kier alpha value is 0.846. The van der Waals surface area contributed by atoms with Gasteiger partial charge in [-0.3, -0.25) is 12.2 Å². The molecule has 0 bridgehead atoms. The molecule has 0 aromatic carbocycles. The van der Waals surface area contributed by atoms with Crippen LogP contribution >= 0.6 is 17.0 Å². The van der Waals surface area contributed by atoms with Crippen molar-refractivity contribution in [3.8, 4) is 0 Å². The summed E-state index contributed by atoms with van der Waals surface area (Å²) >= 11 is -0.826. The fourth-order valence-corrected chi connectivity index (χ4v) is 4.57. The normalized spacial score (nSPS) is 18.1. The summed E-state index contributed by atoms with van der Waals surface area (Å²) in [6.07, 6.45) is 15.8. The molecular weight excluding hydrogens is 709 g/mol. The summed E-state index contributed by atoms with van der Waals surface area (Å²) in [5.74, 6) is 0. The zero-order valence-electron chi connectivity index (χ0n) is 25.4. The summed E-state index contributed by atoms with van der Waals surface area (Å²) in [5, 5.41) is 0. The Morgan fingerprint density at radius 3 is 1.26 bits per heavy atom. The molecule has 6 heteroatoms. The van der Waals surface area contributed by atoms with E-state index in [-0.39, 0.29) is 63.9 Å². The van der Waals surface area contributed by atoms with E-state index in [1.54, 1.807) is 22.3 Å². The Morgan fingerprint density at radius 1 is 0.737 bits per heavy atom. The molecule has 4 rings (SSSR count). The molecule has 0 aromatic rings. The van der Waals surface area contributed by atoms with Crippen molar-refractivity contribution >= 4 is 17.0 Å². The van der Waals surface area contributed by atoms with E-state index in [9.17, 15) is 0 Å². The first-order valence-corrected chi connectivity index (χ1v) is 18.3. The maximum atomic E-state index is 4.93. The van der Waals surface area contributed by atoms with Crippen molar-refractivity contribution in [3.63, 3.8) is 0 Å². The van der Waals surface area contributed by atoms with Crippen LogP contribution in [0.3, 0.4) is 0 Å². The van der Waals surface area contributed by atoms with Crippen LogP contribution in [0.4, 0.5) is 0 Å². The van der Waals surface area contributed by atoms with Crippen LogP contribution in [-0.4, -0.2) is 0 Å². The molecule has 0 aliphatic heterocycles. The first-order valence-electron chi connectivity index (χ1n) is 12.0. The van der Waals surface area contributed by atoms with E-state index in [0.717, 1.165) is 6.42 Å². The van der Waals surface area contributed by atoms with Crippen LogP contribution in [0.2, 0.25) is 0 Å². The number of hydrogen-bond donors (Lipinski definition) is 0. The van der Waals surface area contributed by atoms with E-state index < -0.39 is 20.8 Å². The van der Waals surface area contributed by atoms with Crippen LogP contribution in [0.5, 0.6) is 0 Å². The fourth-order valence-electron chi connectivity index (χ4n) is 4.57. The van der Waals surface area contributed by atoms with Gasteiger partial charge in [0.05, 0.1) is 0 Å². The predicted molar refractivity (Wildman–Crippen MR) is 156 cm³/mol. The van der Waals surface area contributed by atoms with Crippen LogP contribution in [0, 0.1) is 25.0 Å². The molecule has 0 N–H and O–H groups in total. The van der Waals surface area contributed by atoms with Crippen molar-refractivity contribution in [1.82, 2.24) is 0 Å². The fraction of sp³-hybridized carbons (Fsp3) is 0.469. The Labute approximate surface area is 285 Å². The third kappa shape index (κ3) is 12.8. The molecule has 38 heavy (non-hydrogen) atoms. The van der Waals surface area contributed by atoms with Crippen molar-refractivity contribution in [2.45, 2.75) is 95.4 Å². The first kappa shape index (κ1) is 45.8. The van der Waals surface area contributed by atoms with E-state index in [2.05, 4.69) is 94.4 Å². The van der Waals surface area contributed by atoms with Gasteiger partial charge in [0.25, 0.3) is 0 Å². The largest absolute Gasteiger partial charge is 3.00 e. The summed E-state index contributed by atoms with van der Waals surface area (Å²) in [6, 6.07) is 0. The molecule has 0 saturated carbocycles. The monoisotopic (exact) mass is 749 g/mol. The zero-order chi connectivity index (χ0) is 26.2. The van der Waals surface area contributed by atoms with E-state index in [1.165, 1.54) is 51.9 Å². The topological polar surface area (TPSA) is 0 Å². The number of allylic oxidation sites excluding steroid dienone is 16. The van der Waals surface area contributed by atoms with Gasteiger partial charge in [0.2, 0.25) is 0 Å². The minimum Gasteiger partial charge on any atom is 3.00 e. The molecular formula is C32H45Cl4Zr2. The maximum Gasteiger partial charge on any atom is 3.00 e. The second-order valence-electron chi connectivity index (χ2n) is 10.1. The third-order valence-corrected chi connectivity index (χ3v) is 7.71. The SMILES string of the molecule is CC1=C(C)C(C)=C(C2=C(C)C(C)=C(C)C2)C1.CC1=[C-]C(C)(C)C(C)=C1C.[C-]1=CC=CC1.[CH3-].[Cl-].[Cl-].[Cl][Zr+2][Cl].[Zr+3]. The molecule has 0 amide bonds. The van der Waals surface area contributed by atoms with E-state index in [4.69, 9.17) is 17.0 Å². The standard InChI is InChI=1S/C16H22.C10H15.C5H5.CH3.4ClH.2Zr/c1-9-7-15(13(5)11(9)3)16-8-10(2)12(4)14(16)6;1-7-6-10(4,5)9(3)8(7)2;1-2-4-5-3-1;;;;;;;/h7-8H2,1-6H3;1-5H3;1-3H,4H2;1H3;4*1H;;/q;3*-1;;;;;+3;+4/p-4. The second kappa shape index (κ2) is 21.5. The van der Waals surface area contributed by atoms with Gasteiger partial charge in [0.15, 0.2) is 0 Å². The van der Waals surface area contributed by atoms with Crippen molar-refractivity contribution in [1.29, 1.82) is 0 Å². The van der Waals surface area contributed by atoms with Crippen molar-refractivity contribution in [2.24, 2.45) is 5.41 Å². The van der Waals surface area contributed by atoms with Gasteiger partial charge in [-0.15, -0.1) is 13.3 Å². The number of halogens is 4. The Balaban J connectivity index is -0.000000228. The molecule has 0 unspecified atom stereocenters. The molecule has 0 saturated heterocycles. The van der Waals surface area contributed by atoms with Crippen molar-refractivity contribution in [2.75, 3.05) is 0 Å².